The second-order valence-corrected chi connectivity index (χ2v) is 5.30. The van der Waals surface area contributed by atoms with Gasteiger partial charge in [-0.05, 0) is 12.5 Å². The number of nitrogens with one attached hydrogen (secondary N) is 2. The molecule has 0 aliphatic carbocycles. The fourth-order valence-corrected chi connectivity index (χ4v) is 2.36. The summed E-state index contributed by atoms with van der Waals surface area (Å²) in [7, 11) is 0. The van der Waals surface area contributed by atoms with Gasteiger partial charge in [0, 0.05) is 0 Å². The van der Waals surface area contributed by atoms with Crippen LogP contribution in [0.3, 0.4) is 0 Å². The van der Waals surface area contributed by atoms with Crippen molar-refractivity contribution < 1.29 is 9.59 Å². The molecule has 7 nitrogen and oxygen atoms in total. The maximum absolute atomic E-state index is 12.0. The number of amides is 3. The number of urea groups is 1. The summed E-state index contributed by atoms with van der Waals surface area (Å²) in [5.74, 6) is -0.271. The Morgan fingerprint density at radius 3 is 2.86 bits per heavy atom. The maximum Gasteiger partial charge on any atom is 0.312 e. The molecule has 1 atom stereocenters. The van der Waals surface area contributed by atoms with Crippen molar-refractivity contribution in [3.8, 4) is 0 Å². The van der Waals surface area contributed by atoms with Crippen LogP contribution in [-0.4, -0.2) is 22.1 Å². The van der Waals surface area contributed by atoms with Crippen LogP contribution in [0.4, 0.5) is 9.93 Å². The summed E-state index contributed by atoms with van der Waals surface area (Å²) < 4.78 is 0. The van der Waals surface area contributed by atoms with Crippen molar-refractivity contribution >= 4 is 28.4 Å². The van der Waals surface area contributed by atoms with Crippen LogP contribution in [0.5, 0.6) is 0 Å². The van der Waals surface area contributed by atoms with Gasteiger partial charge >= 0.3 is 6.03 Å². The third-order valence-corrected chi connectivity index (χ3v) is 3.36. The molecular weight excluding hydrogens is 290 g/mol. The number of carbonyl (C=O) groups excluding carboxylic acids is 2. The minimum atomic E-state index is -0.676. The van der Waals surface area contributed by atoms with Crippen LogP contribution >= 0.6 is 11.3 Å². The number of carbonyl (C=O) groups is 2. The van der Waals surface area contributed by atoms with Gasteiger partial charge in [0.1, 0.15) is 5.51 Å². The normalized spacial score (nSPS) is 11.7. The zero-order valence-electron chi connectivity index (χ0n) is 11.4. The van der Waals surface area contributed by atoms with Crippen LogP contribution in [0.25, 0.3) is 0 Å². The van der Waals surface area contributed by atoms with Gasteiger partial charge in [-0.3, -0.25) is 4.79 Å². The molecule has 4 N–H and O–H groups in total. The fraction of sp³-hybridized carbons (Fsp3) is 0.231. The highest BCUT2D eigenvalue weighted by atomic mass is 32.1. The van der Waals surface area contributed by atoms with Gasteiger partial charge in [-0.15, -0.1) is 10.2 Å². The second kappa shape index (κ2) is 6.80. The summed E-state index contributed by atoms with van der Waals surface area (Å²) in [6.07, 6.45) is 0.0615. The van der Waals surface area contributed by atoms with Gasteiger partial charge in [0.05, 0.1) is 12.5 Å². The van der Waals surface area contributed by atoms with Gasteiger partial charge in [-0.1, -0.05) is 41.2 Å². The average Bonchev–Trinajstić information content (AvgIpc) is 2.90. The first-order valence-electron chi connectivity index (χ1n) is 6.23. The number of aromatic nitrogens is 2. The molecule has 2 aromatic rings. The molecule has 1 heterocycles. The number of aryl methyl sites for hydroxylation is 1. The van der Waals surface area contributed by atoms with E-state index < -0.39 is 12.1 Å². The molecule has 0 radical (unpaired) electrons. The lowest BCUT2D eigenvalue weighted by Crippen LogP contribution is -2.35. The Morgan fingerprint density at radius 1 is 1.43 bits per heavy atom. The molecule has 1 aromatic carbocycles. The topological polar surface area (TPSA) is 110 Å². The number of hydrogen-bond acceptors (Lipinski definition) is 5. The van der Waals surface area contributed by atoms with E-state index in [9.17, 15) is 9.59 Å². The fourth-order valence-electron chi connectivity index (χ4n) is 1.89. The molecule has 1 aromatic heterocycles. The Kier molecular flexibility index (Phi) is 4.83. The molecule has 21 heavy (non-hydrogen) atoms. The summed E-state index contributed by atoms with van der Waals surface area (Å²) >= 11 is 1.22. The van der Waals surface area contributed by atoms with Gasteiger partial charge in [0.15, 0.2) is 0 Å². The van der Waals surface area contributed by atoms with Crippen molar-refractivity contribution in [3.05, 3.63) is 40.9 Å². The molecule has 0 spiro atoms. The Hall–Kier alpha value is -2.48. The lowest BCUT2D eigenvalue weighted by Gasteiger charge is -2.17. The quantitative estimate of drug-likeness (QED) is 0.779. The maximum atomic E-state index is 12.0. The van der Waals surface area contributed by atoms with Gasteiger partial charge in [0.2, 0.25) is 11.0 Å². The second-order valence-electron chi connectivity index (χ2n) is 4.47. The van der Waals surface area contributed by atoms with Crippen LogP contribution in [-0.2, 0) is 4.79 Å². The largest absolute Gasteiger partial charge is 0.352 e. The first-order chi connectivity index (χ1) is 10.0. The minimum absolute atomic E-state index is 0.0615. The highest BCUT2D eigenvalue weighted by Crippen LogP contribution is 2.19. The molecule has 110 valence electrons. The highest BCUT2D eigenvalue weighted by Gasteiger charge is 2.18. The van der Waals surface area contributed by atoms with Crippen molar-refractivity contribution in [1.82, 2.24) is 15.5 Å². The number of primary amides is 1. The Labute approximate surface area is 125 Å². The molecule has 0 aliphatic rings. The lowest BCUT2D eigenvalue weighted by atomic mass is 10.0. The molecule has 0 saturated carbocycles. The third kappa shape index (κ3) is 4.53. The SMILES string of the molecule is Cc1cccc(C(CC(=O)Nc2nncs2)NC(N)=O)c1. The van der Waals surface area contributed by atoms with Crippen molar-refractivity contribution in [2.75, 3.05) is 5.32 Å². The first kappa shape index (κ1) is 14.9. The van der Waals surface area contributed by atoms with E-state index in [0.717, 1.165) is 11.1 Å². The molecule has 0 fully saturated rings. The molecule has 0 aliphatic heterocycles. The van der Waals surface area contributed by atoms with Crippen LogP contribution in [0.2, 0.25) is 0 Å². The van der Waals surface area contributed by atoms with E-state index in [0.29, 0.717) is 5.13 Å². The number of rotatable bonds is 5. The first-order valence-corrected chi connectivity index (χ1v) is 7.11. The average molecular weight is 305 g/mol. The standard InChI is InChI=1S/C13H15N5O2S/c1-8-3-2-4-9(5-8)10(16-12(14)20)6-11(19)17-13-18-15-7-21-13/h2-5,7,10H,6H2,1H3,(H3,14,16,20)(H,17,18,19). The van der Waals surface area contributed by atoms with E-state index >= 15 is 0 Å². The number of nitrogens with zero attached hydrogens (tertiary/aromatic N) is 2. The molecule has 1 unspecified atom stereocenters. The van der Waals surface area contributed by atoms with Gasteiger partial charge in [0.25, 0.3) is 0 Å². The summed E-state index contributed by atoms with van der Waals surface area (Å²) in [5.41, 5.74) is 8.56. The predicted octanol–water partition coefficient (Wildman–Crippen LogP) is 1.58. The number of anilines is 1. The number of nitrogens with two attached hydrogens (primary N) is 1. The lowest BCUT2D eigenvalue weighted by molar-refractivity contribution is -0.116. The van der Waals surface area contributed by atoms with E-state index in [-0.39, 0.29) is 12.3 Å². The van der Waals surface area contributed by atoms with Crippen LogP contribution in [0.1, 0.15) is 23.6 Å². The Bertz CT molecular complexity index is 629. The summed E-state index contributed by atoms with van der Waals surface area (Å²) in [5, 5.41) is 13.0. The summed E-state index contributed by atoms with van der Waals surface area (Å²) in [6, 6.07) is 6.38. The van der Waals surface area contributed by atoms with Crippen molar-refractivity contribution in [3.63, 3.8) is 0 Å². The smallest absolute Gasteiger partial charge is 0.312 e. The molecule has 8 heteroatoms. The summed E-state index contributed by atoms with van der Waals surface area (Å²) in [6.45, 7) is 1.94. The minimum Gasteiger partial charge on any atom is -0.352 e. The molecule has 0 bridgehead atoms. The zero-order valence-corrected chi connectivity index (χ0v) is 12.2. The van der Waals surface area contributed by atoms with Gasteiger partial charge < -0.3 is 16.4 Å². The van der Waals surface area contributed by atoms with Crippen molar-refractivity contribution in [2.24, 2.45) is 5.73 Å². The number of benzene rings is 1. The third-order valence-electron chi connectivity index (χ3n) is 2.76. The highest BCUT2D eigenvalue weighted by molar-refractivity contribution is 7.13. The number of hydrogen-bond donors (Lipinski definition) is 3. The van der Waals surface area contributed by atoms with E-state index in [2.05, 4.69) is 20.8 Å². The zero-order chi connectivity index (χ0) is 15.2. The van der Waals surface area contributed by atoms with Crippen molar-refractivity contribution in [2.45, 2.75) is 19.4 Å². The van der Waals surface area contributed by atoms with Crippen molar-refractivity contribution in [1.29, 1.82) is 0 Å². The van der Waals surface area contributed by atoms with Gasteiger partial charge in [-0.25, -0.2) is 4.79 Å². The molecule has 0 saturated heterocycles. The van der Waals surface area contributed by atoms with Crippen LogP contribution in [0, 0.1) is 6.92 Å². The van der Waals surface area contributed by atoms with Crippen LogP contribution in [0.15, 0.2) is 29.8 Å². The van der Waals surface area contributed by atoms with Gasteiger partial charge in [-0.2, -0.15) is 0 Å². The van der Waals surface area contributed by atoms with E-state index in [1.807, 2.05) is 31.2 Å². The van der Waals surface area contributed by atoms with E-state index in [1.54, 1.807) is 0 Å². The molecular formula is C13H15N5O2S. The molecule has 2 rings (SSSR count). The predicted molar refractivity (Wildman–Crippen MR) is 79.8 cm³/mol. The Morgan fingerprint density at radius 2 is 2.24 bits per heavy atom. The van der Waals surface area contributed by atoms with Crippen LogP contribution < -0.4 is 16.4 Å². The van der Waals surface area contributed by atoms with E-state index in [1.165, 1.54) is 16.8 Å². The van der Waals surface area contributed by atoms with E-state index in [4.69, 9.17) is 5.73 Å². The summed E-state index contributed by atoms with van der Waals surface area (Å²) in [4.78, 5) is 23.1. The molecule has 3 amide bonds. The Balaban J connectivity index is 2.09. The monoisotopic (exact) mass is 305 g/mol.